The number of carbonyl (C=O) groups excluding carboxylic acids is 1. The van der Waals surface area contributed by atoms with Crippen LogP contribution in [-0.4, -0.2) is 57.3 Å². The summed E-state index contributed by atoms with van der Waals surface area (Å²) in [4.78, 5) is 12.4. The standard InChI is InChI=1S/C46H91NO5/c1-3-5-7-9-11-13-15-16-17-18-19-20-21-22-23-24-25-26-27-28-29-30-32-33-35-37-39-43(49)45(51)42(41-48)47-46(52)44(50)40-38-36-34-31-14-12-10-8-6-4-2/h32-33,42-45,48-51H,3-31,34-41H2,1-2H3,(H,47,52)/b33-32+. The lowest BCUT2D eigenvalue weighted by Gasteiger charge is -2.27. The number of hydrogen-bond acceptors (Lipinski definition) is 5. The summed E-state index contributed by atoms with van der Waals surface area (Å²) in [7, 11) is 0. The summed E-state index contributed by atoms with van der Waals surface area (Å²) in [5.74, 6) is -0.593. The second-order valence-corrected chi connectivity index (χ2v) is 16.1. The number of carbonyl (C=O) groups is 1. The molecule has 0 radical (unpaired) electrons. The van der Waals surface area contributed by atoms with Gasteiger partial charge in [0.2, 0.25) is 5.91 Å². The van der Waals surface area contributed by atoms with Crippen molar-refractivity contribution in [3.05, 3.63) is 12.2 Å². The van der Waals surface area contributed by atoms with Crippen molar-refractivity contribution in [3.63, 3.8) is 0 Å². The van der Waals surface area contributed by atoms with Gasteiger partial charge < -0.3 is 25.7 Å². The van der Waals surface area contributed by atoms with Crippen molar-refractivity contribution in [2.24, 2.45) is 0 Å². The van der Waals surface area contributed by atoms with Crippen molar-refractivity contribution in [1.82, 2.24) is 5.32 Å². The third-order valence-corrected chi connectivity index (χ3v) is 11.0. The van der Waals surface area contributed by atoms with Crippen molar-refractivity contribution in [3.8, 4) is 0 Å². The molecule has 0 spiro atoms. The maximum Gasteiger partial charge on any atom is 0.249 e. The first kappa shape index (κ1) is 51.0. The molecule has 5 N–H and O–H groups in total. The topological polar surface area (TPSA) is 110 Å². The van der Waals surface area contributed by atoms with Crippen LogP contribution in [0.4, 0.5) is 0 Å². The van der Waals surface area contributed by atoms with Crippen LogP contribution in [0.25, 0.3) is 0 Å². The number of nitrogens with one attached hydrogen (secondary N) is 1. The molecule has 0 saturated carbocycles. The molecule has 6 heteroatoms. The summed E-state index contributed by atoms with van der Waals surface area (Å²) < 4.78 is 0. The van der Waals surface area contributed by atoms with Crippen molar-refractivity contribution in [2.45, 2.75) is 269 Å². The Morgan fingerprint density at radius 1 is 0.462 bits per heavy atom. The maximum absolute atomic E-state index is 12.4. The Hall–Kier alpha value is -0.950. The van der Waals surface area contributed by atoms with Crippen LogP contribution in [0.1, 0.15) is 245 Å². The highest BCUT2D eigenvalue weighted by atomic mass is 16.3. The summed E-state index contributed by atoms with van der Waals surface area (Å²) >= 11 is 0. The minimum absolute atomic E-state index is 0.366. The highest BCUT2D eigenvalue weighted by Gasteiger charge is 2.28. The van der Waals surface area contributed by atoms with Gasteiger partial charge >= 0.3 is 0 Å². The van der Waals surface area contributed by atoms with E-state index in [2.05, 4.69) is 31.3 Å². The van der Waals surface area contributed by atoms with Gasteiger partial charge in [-0.15, -0.1) is 0 Å². The molecule has 52 heavy (non-hydrogen) atoms. The van der Waals surface area contributed by atoms with E-state index >= 15 is 0 Å². The van der Waals surface area contributed by atoms with Crippen LogP contribution in [0.5, 0.6) is 0 Å². The van der Waals surface area contributed by atoms with E-state index in [4.69, 9.17) is 0 Å². The van der Waals surface area contributed by atoms with E-state index < -0.39 is 36.9 Å². The van der Waals surface area contributed by atoms with Gasteiger partial charge in [0.15, 0.2) is 0 Å². The Morgan fingerprint density at radius 3 is 1.15 bits per heavy atom. The maximum atomic E-state index is 12.4. The molecule has 4 atom stereocenters. The quantitative estimate of drug-likeness (QED) is 0.0316. The molecular weight excluding hydrogens is 647 g/mol. The largest absolute Gasteiger partial charge is 0.394 e. The third-order valence-electron chi connectivity index (χ3n) is 11.0. The Balaban J connectivity index is 3.64. The van der Waals surface area contributed by atoms with Crippen LogP contribution in [0.2, 0.25) is 0 Å². The van der Waals surface area contributed by atoms with E-state index in [1.54, 1.807) is 0 Å². The van der Waals surface area contributed by atoms with E-state index in [-0.39, 0.29) is 0 Å². The SMILES string of the molecule is CCCCCCCCCCCCCCCCCCCCCCC/C=C/CCCC(O)C(O)C(CO)NC(=O)C(O)CCCCCCCCCCCC. The van der Waals surface area contributed by atoms with Gasteiger partial charge in [-0.1, -0.05) is 219 Å². The summed E-state index contributed by atoms with van der Waals surface area (Å²) in [6, 6.07) is -0.996. The second-order valence-electron chi connectivity index (χ2n) is 16.1. The van der Waals surface area contributed by atoms with Crippen LogP contribution >= 0.6 is 0 Å². The summed E-state index contributed by atoms with van der Waals surface area (Å²) in [5.41, 5.74) is 0. The zero-order chi connectivity index (χ0) is 38.2. The smallest absolute Gasteiger partial charge is 0.249 e. The van der Waals surface area contributed by atoms with Gasteiger partial charge in [0.1, 0.15) is 12.2 Å². The van der Waals surface area contributed by atoms with Crippen molar-refractivity contribution < 1.29 is 25.2 Å². The fourth-order valence-corrected chi connectivity index (χ4v) is 7.29. The van der Waals surface area contributed by atoms with Crippen LogP contribution < -0.4 is 5.32 Å². The molecule has 0 aromatic rings. The Bertz CT molecular complexity index is 746. The van der Waals surface area contributed by atoms with E-state index in [0.29, 0.717) is 12.8 Å². The lowest BCUT2D eigenvalue weighted by atomic mass is 10.00. The number of rotatable bonds is 42. The van der Waals surface area contributed by atoms with Gasteiger partial charge in [-0.05, 0) is 38.5 Å². The molecule has 0 aromatic heterocycles. The van der Waals surface area contributed by atoms with Crippen LogP contribution in [0.15, 0.2) is 12.2 Å². The molecule has 0 aliphatic rings. The first-order valence-electron chi connectivity index (χ1n) is 23.1. The highest BCUT2D eigenvalue weighted by molar-refractivity contribution is 5.80. The lowest BCUT2D eigenvalue weighted by molar-refractivity contribution is -0.132. The van der Waals surface area contributed by atoms with Crippen LogP contribution in [0.3, 0.4) is 0 Å². The molecule has 310 valence electrons. The monoisotopic (exact) mass is 738 g/mol. The fourth-order valence-electron chi connectivity index (χ4n) is 7.29. The van der Waals surface area contributed by atoms with Gasteiger partial charge in [-0.25, -0.2) is 0 Å². The van der Waals surface area contributed by atoms with E-state index in [1.165, 1.54) is 180 Å². The van der Waals surface area contributed by atoms with E-state index in [9.17, 15) is 25.2 Å². The van der Waals surface area contributed by atoms with Crippen LogP contribution in [-0.2, 0) is 4.79 Å². The highest BCUT2D eigenvalue weighted by Crippen LogP contribution is 2.17. The first-order valence-corrected chi connectivity index (χ1v) is 23.1. The normalized spacial score (nSPS) is 14.2. The van der Waals surface area contributed by atoms with Gasteiger partial charge in [-0.2, -0.15) is 0 Å². The molecule has 0 aliphatic heterocycles. The first-order chi connectivity index (χ1) is 25.5. The Labute approximate surface area is 323 Å². The predicted octanol–water partition coefficient (Wildman–Crippen LogP) is 12.2. The van der Waals surface area contributed by atoms with Gasteiger partial charge in [0, 0.05) is 0 Å². The van der Waals surface area contributed by atoms with Gasteiger partial charge in [-0.3, -0.25) is 4.79 Å². The molecular formula is C46H91NO5. The molecule has 0 aliphatic carbocycles. The molecule has 0 saturated heterocycles. The number of amides is 1. The van der Waals surface area contributed by atoms with Crippen LogP contribution in [0, 0.1) is 0 Å². The zero-order valence-corrected chi connectivity index (χ0v) is 34.8. The number of unbranched alkanes of at least 4 members (excludes halogenated alkanes) is 31. The minimum Gasteiger partial charge on any atom is -0.394 e. The average molecular weight is 738 g/mol. The Kier molecular flexibility index (Phi) is 40.5. The summed E-state index contributed by atoms with van der Waals surface area (Å²) in [6.07, 6.45) is 45.6. The zero-order valence-electron chi connectivity index (χ0n) is 34.8. The molecule has 0 aromatic carbocycles. The molecule has 0 fully saturated rings. The van der Waals surface area contributed by atoms with Crippen molar-refractivity contribution >= 4 is 5.91 Å². The third kappa shape index (κ3) is 34.8. The van der Waals surface area contributed by atoms with Crippen molar-refractivity contribution in [2.75, 3.05) is 6.61 Å². The predicted molar refractivity (Wildman–Crippen MR) is 224 cm³/mol. The molecule has 0 rings (SSSR count). The fraction of sp³-hybridized carbons (Fsp3) is 0.935. The Morgan fingerprint density at radius 2 is 0.788 bits per heavy atom. The number of aliphatic hydroxyl groups excluding tert-OH is 4. The summed E-state index contributed by atoms with van der Waals surface area (Å²) in [5, 5.41) is 43.5. The number of allylic oxidation sites excluding steroid dienone is 2. The van der Waals surface area contributed by atoms with E-state index in [0.717, 1.165) is 38.5 Å². The number of hydrogen-bond donors (Lipinski definition) is 5. The summed E-state index contributed by atoms with van der Waals surface area (Å²) in [6.45, 7) is 4.03. The molecule has 0 heterocycles. The van der Waals surface area contributed by atoms with Crippen molar-refractivity contribution in [1.29, 1.82) is 0 Å². The van der Waals surface area contributed by atoms with Gasteiger partial charge in [0.25, 0.3) is 0 Å². The minimum atomic E-state index is -1.28. The molecule has 4 unspecified atom stereocenters. The van der Waals surface area contributed by atoms with E-state index in [1.807, 2.05) is 0 Å². The average Bonchev–Trinajstić information content (AvgIpc) is 3.15. The molecule has 1 amide bonds. The van der Waals surface area contributed by atoms with Gasteiger partial charge in [0.05, 0.1) is 18.8 Å². The second kappa shape index (κ2) is 41.2. The molecule has 6 nitrogen and oxygen atoms in total. The lowest BCUT2D eigenvalue weighted by Crippen LogP contribution is -2.53. The number of aliphatic hydroxyl groups is 4. The molecule has 0 bridgehead atoms.